The Labute approximate surface area is 140 Å². The molecule has 2 rings (SSSR count). The number of anilines is 1. The van der Waals surface area contributed by atoms with Crippen molar-refractivity contribution in [1.29, 1.82) is 0 Å². The molecular formula is C18H29ClN2O. The highest BCUT2D eigenvalue weighted by Gasteiger charge is 2.27. The van der Waals surface area contributed by atoms with E-state index in [4.69, 9.17) is 5.73 Å². The van der Waals surface area contributed by atoms with Crippen molar-refractivity contribution in [3.63, 3.8) is 0 Å². The minimum atomic E-state index is 0. The van der Waals surface area contributed by atoms with E-state index < -0.39 is 0 Å². The van der Waals surface area contributed by atoms with Gasteiger partial charge in [0.25, 0.3) is 0 Å². The van der Waals surface area contributed by atoms with Crippen molar-refractivity contribution < 1.29 is 4.79 Å². The summed E-state index contributed by atoms with van der Waals surface area (Å²) in [7, 11) is 0. The minimum Gasteiger partial charge on any atom is -0.399 e. The molecule has 0 radical (unpaired) electrons. The van der Waals surface area contributed by atoms with Gasteiger partial charge in [0.2, 0.25) is 5.91 Å². The van der Waals surface area contributed by atoms with E-state index in [-0.39, 0.29) is 18.3 Å². The summed E-state index contributed by atoms with van der Waals surface area (Å²) >= 11 is 0. The minimum absolute atomic E-state index is 0. The molecule has 1 aromatic carbocycles. The van der Waals surface area contributed by atoms with Gasteiger partial charge in [0.15, 0.2) is 0 Å². The molecule has 0 heterocycles. The second-order valence-corrected chi connectivity index (χ2v) is 6.21. The average Bonchev–Trinajstić information content (AvgIpc) is 2.42. The molecule has 0 spiro atoms. The first-order valence-electron chi connectivity index (χ1n) is 8.33. The van der Waals surface area contributed by atoms with Crippen molar-refractivity contribution >= 4 is 24.0 Å². The van der Waals surface area contributed by atoms with E-state index >= 15 is 0 Å². The lowest BCUT2D eigenvalue weighted by Gasteiger charge is -2.34. The molecule has 4 heteroatoms. The molecule has 124 valence electrons. The third kappa shape index (κ3) is 5.53. The maximum atomic E-state index is 12.2. The normalized spacial score (nSPS) is 15.5. The quantitative estimate of drug-likeness (QED) is 0.707. The van der Waals surface area contributed by atoms with E-state index in [0.29, 0.717) is 18.4 Å². The number of benzene rings is 1. The molecule has 1 aliphatic rings. The van der Waals surface area contributed by atoms with Gasteiger partial charge < -0.3 is 11.1 Å². The van der Waals surface area contributed by atoms with Crippen molar-refractivity contribution in [3.05, 3.63) is 29.8 Å². The second kappa shape index (κ2) is 9.73. The average molecular weight is 325 g/mol. The standard InChI is InChI=1S/C18H28N2O.ClH/c1-2-3-11-17(15-8-6-9-15)20-18(21)13-12-14-7-4-5-10-16(14)19;/h4-5,7,10,15,17H,2-3,6,8-9,11-13,19H2,1H3,(H,20,21);1H. The highest BCUT2D eigenvalue weighted by atomic mass is 35.5. The van der Waals surface area contributed by atoms with E-state index in [2.05, 4.69) is 12.2 Å². The van der Waals surface area contributed by atoms with Crippen LogP contribution < -0.4 is 11.1 Å². The maximum absolute atomic E-state index is 12.2. The van der Waals surface area contributed by atoms with Gasteiger partial charge in [-0.2, -0.15) is 0 Å². The number of hydrogen-bond donors (Lipinski definition) is 2. The number of hydrogen-bond acceptors (Lipinski definition) is 2. The molecule has 1 fully saturated rings. The van der Waals surface area contributed by atoms with Gasteiger partial charge in [-0.3, -0.25) is 4.79 Å². The van der Waals surface area contributed by atoms with Crippen LogP contribution in [-0.2, 0) is 11.2 Å². The van der Waals surface area contributed by atoms with Crippen LogP contribution in [0, 0.1) is 5.92 Å². The van der Waals surface area contributed by atoms with Gasteiger partial charge in [-0.15, -0.1) is 12.4 Å². The Balaban J connectivity index is 0.00000242. The summed E-state index contributed by atoms with van der Waals surface area (Å²) in [5.74, 6) is 0.883. The highest BCUT2D eigenvalue weighted by molar-refractivity contribution is 5.85. The van der Waals surface area contributed by atoms with Crippen LogP contribution in [0.1, 0.15) is 57.4 Å². The van der Waals surface area contributed by atoms with E-state index in [1.54, 1.807) is 0 Å². The number of rotatable bonds is 8. The number of unbranched alkanes of at least 4 members (excludes halogenated alkanes) is 1. The van der Waals surface area contributed by atoms with Crippen molar-refractivity contribution in [3.8, 4) is 0 Å². The van der Waals surface area contributed by atoms with E-state index in [1.807, 2.05) is 24.3 Å². The summed E-state index contributed by atoms with van der Waals surface area (Å²) in [6.07, 6.45) is 8.66. The number of para-hydroxylation sites is 1. The van der Waals surface area contributed by atoms with Gasteiger partial charge in [0.05, 0.1) is 0 Å². The fourth-order valence-electron chi connectivity index (χ4n) is 2.98. The molecule has 0 aliphatic heterocycles. The van der Waals surface area contributed by atoms with Crippen LogP contribution in [0.2, 0.25) is 0 Å². The van der Waals surface area contributed by atoms with Crippen LogP contribution >= 0.6 is 12.4 Å². The van der Waals surface area contributed by atoms with Gasteiger partial charge in [-0.1, -0.05) is 44.4 Å². The number of aryl methyl sites for hydroxylation is 1. The SMILES string of the molecule is CCCCC(NC(=O)CCc1ccccc1N)C1CCC1.Cl. The van der Waals surface area contributed by atoms with E-state index in [1.165, 1.54) is 32.1 Å². The number of nitrogen functional groups attached to an aromatic ring is 1. The van der Waals surface area contributed by atoms with Crippen molar-refractivity contribution in [2.45, 2.75) is 64.3 Å². The molecule has 1 unspecified atom stereocenters. The van der Waals surface area contributed by atoms with Crippen LogP contribution in [0.4, 0.5) is 5.69 Å². The molecule has 0 aromatic heterocycles. The Hall–Kier alpha value is -1.22. The zero-order chi connectivity index (χ0) is 15.1. The summed E-state index contributed by atoms with van der Waals surface area (Å²) in [5, 5.41) is 3.26. The smallest absolute Gasteiger partial charge is 0.220 e. The Kier molecular flexibility index (Phi) is 8.32. The van der Waals surface area contributed by atoms with Gasteiger partial charge in [0, 0.05) is 18.2 Å². The van der Waals surface area contributed by atoms with Crippen LogP contribution in [0.25, 0.3) is 0 Å². The summed E-state index contributed by atoms with van der Waals surface area (Å²) in [4.78, 5) is 12.2. The fraction of sp³-hybridized carbons (Fsp3) is 0.611. The second-order valence-electron chi connectivity index (χ2n) is 6.21. The highest BCUT2D eigenvalue weighted by Crippen LogP contribution is 2.31. The third-order valence-corrected chi connectivity index (χ3v) is 4.61. The van der Waals surface area contributed by atoms with Crippen molar-refractivity contribution in [2.24, 2.45) is 5.92 Å². The maximum Gasteiger partial charge on any atom is 0.220 e. The molecule has 1 atom stereocenters. The molecule has 3 N–H and O–H groups in total. The molecule has 1 saturated carbocycles. The van der Waals surface area contributed by atoms with E-state index in [9.17, 15) is 4.79 Å². The van der Waals surface area contributed by atoms with E-state index in [0.717, 1.165) is 24.1 Å². The summed E-state index contributed by atoms with van der Waals surface area (Å²) < 4.78 is 0. The fourth-order valence-corrected chi connectivity index (χ4v) is 2.98. The van der Waals surface area contributed by atoms with Gasteiger partial charge in [0.1, 0.15) is 0 Å². The largest absolute Gasteiger partial charge is 0.399 e. The first-order valence-corrected chi connectivity index (χ1v) is 8.33. The Morgan fingerprint density at radius 3 is 2.68 bits per heavy atom. The number of carbonyl (C=O) groups excluding carboxylic acids is 1. The lowest BCUT2D eigenvalue weighted by atomic mass is 9.78. The predicted octanol–water partition coefficient (Wildman–Crippen LogP) is 4.10. The van der Waals surface area contributed by atoms with Crippen LogP contribution in [0.5, 0.6) is 0 Å². The summed E-state index contributed by atoms with van der Waals surface area (Å²) in [5.41, 5.74) is 7.78. The lowest BCUT2D eigenvalue weighted by Crippen LogP contribution is -2.42. The van der Waals surface area contributed by atoms with Crippen LogP contribution in [-0.4, -0.2) is 11.9 Å². The molecule has 1 aliphatic carbocycles. The zero-order valence-corrected chi connectivity index (χ0v) is 14.3. The molecule has 1 amide bonds. The first-order chi connectivity index (χ1) is 10.2. The van der Waals surface area contributed by atoms with Gasteiger partial charge in [-0.05, 0) is 43.2 Å². The Bertz CT molecular complexity index is 460. The predicted molar refractivity (Wildman–Crippen MR) is 95.2 cm³/mol. The first kappa shape index (κ1) is 18.8. The van der Waals surface area contributed by atoms with Gasteiger partial charge in [-0.25, -0.2) is 0 Å². The zero-order valence-electron chi connectivity index (χ0n) is 13.5. The van der Waals surface area contributed by atoms with Crippen LogP contribution in [0.3, 0.4) is 0 Å². The number of nitrogens with one attached hydrogen (secondary N) is 1. The van der Waals surface area contributed by atoms with Gasteiger partial charge >= 0.3 is 0 Å². The number of nitrogens with two attached hydrogens (primary N) is 1. The monoisotopic (exact) mass is 324 g/mol. The summed E-state index contributed by atoms with van der Waals surface area (Å²) in [6.45, 7) is 2.21. The van der Waals surface area contributed by atoms with Crippen molar-refractivity contribution in [1.82, 2.24) is 5.32 Å². The van der Waals surface area contributed by atoms with Crippen LogP contribution in [0.15, 0.2) is 24.3 Å². The van der Waals surface area contributed by atoms with Crippen molar-refractivity contribution in [2.75, 3.05) is 5.73 Å². The Morgan fingerprint density at radius 2 is 2.09 bits per heavy atom. The molecule has 22 heavy (non-hydrogen) atoms. The lowest BCUT2D eigenvalue weighted by molar-refractivity contribution is -0.122. The number of carbonyl (C=O) groups is 1. The Morgan fingerprint density at radius 1 is 1.36 bits per heavy atom. The molecule has 0 bridgehead atoms. The topological polar surface area (TPSA) is 55.1 Å². The summed E-state index contributed by atoms with van der Waals surface area (Å²) in [6, 6.07) is 8.19. The molecule has 3 nitrogen and oxygen atoms in total. The third-order valence-electron chi connectivity index (χ3n) is 4.61. The number of amides is 1. The molecule has 1 aromatic rings. The molecular weight excluding hydrogens is 296 g/mol. The molecule has 0 saturated heterocycles. The number of halogens is 1.